The molecule has 1 aliphatic heterocycles. The Labute approximate surface area is 130 Å². The highest BCUT2D eigenvalue weighted by Crippen LogP contribution is 2.29. The van der Waals surface area contributed by atoms with Crippen LogP contribution in [0.1, 0.15) is 53.0 Å². The molecule has 0 saturated carbocycles. The highest BCUT2D eigenvalue weighted by Gasteiger charge is 2.23. The second-order valence-electron chi connectivity index (χ2n) is 7.80. The third-order valence-electron chi connectivity index (χ3n) is 4.62. The van der Waals surface area contributed by atoms with Crippen molar-refractivity contribution in [1.82, 2.24) is 5.32 Å². The molecule has 2 rings (SSSR count). The van der Waals surface area contributed by atoms with E-state index < -0.39 is 0 Å². The predicted molar refractivity (Wildman–Crippen MR) is 92.8 cm³/mol. The fraction of sp³-hybridized carbons (Fsp3) is 0.684. The maximum Gasteiger partial charge on any atom is 0.0411 e. The lowest BCUT2D eigenvalue weighted by molar-refractivity contribution is 0.311. The van der Waals surface area contributed by atoms with E-state index in [4.69, 9.17) is 0 Å². The molecule has 2 heteroatoms. The first-order chi connectivity index (χ1) is 9.87. The summed E-state index contributed by atoms with van der Waals surface area (Å²) in [6, 6.07) is 8.88. The molecule has 1 fully saturated rings. The third-order valence-corrected chi connectivity index (χ3v) is 4.62. The molecule has 118 valence electrons. The van der Waals surface area contributed by atoms with Crippen molar-refractivity contribution in [2.75, 3.05) is 18.0 Å². The Bertz CT molecular complexity index is 437. The normalized spacial score (nSPS) is 17.5. The topological polar surface area (TPSA) is 15.3 Å². The van der Waals surface area contributed by atoms with Gasteiger partial charge in [0.05, 0.1) is 0 Å². The lowest BCUT2D eigenvalue weighted by Crippen LogP contribution is -2.38. The largest absolute Gasteiger partial charge is 0.371 e. The van der Waals surface area contributed by atoms with Gasteiger partial charge in [-0.05, 0) is 57.1 Å². The van der Waals surface area contributed by atoms with Gasteiger partial charge in [0.2, 0.25) is 0 Å². The Morgan fingerprint density at radius 1 is 1.14 bits per heavy atom. The van der Waals surface area contributed by atoms with Gasteiger partial charge in [0.15, 0.2) is 0 Å². The fourth-order valence-electron chi connectivity index (χ4n) is 3.14. The molecular weight excluding hydrogens is 256 g/mol. The molecule has 1 aromatic carbocycles. The van der Waals surface area contributed by atoms with Gasteiger partial charge in [-0.1, -0.05) is 32.0 Å². The van der Waals surface area contributed by atoms with Crippen LogP contribution in [0.4, 0.5) is 5.69 Å². The molecular formula is C19H32N2. The number of para-hydroxylation sites is 1. The van der Waals surface area contributed by atoms with Crippen molar-refractivity contribution in [3.05, 3.63) is 29.8 Å². The molecule has 0 amide bonds. The van der Waals surface area contributed by atoms with E-state index in [1.165, 1.54) is 37.2 Å². The standard InChI is InChI=1S/C19H32N2/c1-15(2)16-10-12-21(13-11-16)18-9-7-6-8-17(18)14-20-19(3,4)5/h6-9,15-16,20H,10-14H2,1-5H3. The number of piperidine rings is 1. The summed E-state index contributed by atoms with van der Waals surface area (Å²) in [5.74, 6) is 1.73. The average molecular weight is 288 g/mol. The van der Waals surface area contributed by atoms with Crippen LogP contribution in [0.15, 0.2) is 24.3 Å². The van der Waals surface area contributed by atoms with E-state index in [2.05, 4.69) is 69.1 Å². The highest BCUT2D eigenvalue weighted by atomic mass is 15.1. The van der Waals surface area contributed by atoms with Crippen LogP contribution < -0.4 is 10.2 Å². The number of nitrogens with zero attached hydrogens (tertiary/aromatic N) is 1. The van der Waals surface area contributed by atoms with E-state index in [9.17, 15) is 0 Å². The van der Waals surface area contributed by atoms with E-state index in [1.807, 2.05) is 0 Å². The van der Waals surface area contributed by atoms with Crippen molar-refractivity contribution >= 4 is 5.69 Å². The number of rotatable bonds is 4. The molecule has 0 atom stereocenters. The minimum atomic E-state index is 0.164. The van der Waals surface area contributed by atoms with E-state index in [-0.39, 0.29) is 5.54 Å². The molecule has 1 heterocycles. The van der Waals surface area contributed by atoms with Crippen LogP contribution in [-0.2, 0) is 6.54 Å². The summed E-state index contributed by atoms with van der Waals surface area (Å²) in [6.45, 7) is 14.8. The molecule has 0 spiro atoms. The van der Waals surface area contributed by atoms with E-state index in [1.54, 1.807) is 0 Å². The lowest BCUT2D eigenvalue weighted by atomic mass is 9.86. The van der Waals surface area contributed by atoms with Crippen LogP contribution in [0.3, 0.4) is 0 Å². The monoisotopic (exact) mass is 288 g/mol. The number of benzene rings is 1. The minimum absolute atomic E-state index is 0.164. The zero-order valence-electron chi connectivity index (χ0n) is 14.4. The molecule has 1 N–H and O–H groups in total. The minimum Gasteiger partial charge on any atom is -0.371 e. The van der Waals surface area contributed by atoms with Gasteiger partial charge < -0.3 is 10.2 Å². The van der Waals surface area contributed by atoms with Crippen LogP contribution in [-0.4, -0.2) is 18.6 Å². The van der Waals surface area contributed by atoms with E-state index in [0.717, 1.165) is 18.4 Å². The molecule has 0 aliphatic carbocycles. The molecule has 21 heavy (non-hydrogen) atoms. The molecule has 1 saturated heterocycles. The first kappa shape index (κ1) is 16.4. The highest BCUT2D eigenvalue weighted by molar-refractivity contribution is 5.54. The summed E-state index contributed by atoms with van der Waals surface area (Å²) < 4.78 is 0. The molecule has 2 nitrogen and oxygen atoms in total. The Kier molecular flexibility index (Phi) is 5.32. The summed E-state index contributed by atoms with van der Waals surface area (Å²) in [7, 11) is 0. The van der Waals surface area contributed by atoms with Crippen LogP contribution in [0, 0.1) is 11.8 Å². The van der Waals surface area contributed by atoms with Gasteiger partial charge in [0.1, 0.15) is 0 Å². The first-order valence-electron chi connectivity index (χ1n) is 8.45. The van der Waals surface area contributed by atoms with Crippen molar-refractivity contribution in [3.63, 3.8) is 0 Å². The van der Waals surface area contributed by atoms with Gasteiger partial charge >= 0.3 is 0 Å². The summed E-state index contributed by atoms with van der Waals surface area (Å²) in [5.41, 5.74) is 3.02. The quantitative estimate of drug-likeness (QED) is 0.880. The maximum absolute atomic E-state index is 3.62. The van der Waals surface area contributed by atoms with Crippen molar-refractivity contribution in [2.24, 2.45) is 11.8 Å². The second-order valence-corrected chi connectivity index (χ2v) is 7.80. The summed E-state index contributed by atoms with van der Waals surface area (Å²) in [6.07, 6.45) is 2.66. The van der Waals surface area contributed by atoms with Crippen molar-refractivity contribution in [3.8, 4) is 0 Å². The summed E-state index contributed by atoms with van der Waals surface area (Å²) in [5, 5.41) is 3.62. The first-order valence-corrected chi connectivity index (χ1v) is 8.45. The molecule has 1 aliphatic rings. The predicted octanol–water partition coefficient (Wildman–Crippen LogP) is 4.45. The van der Waals surface area contributed by atoms with Gasteiger partial charge in [-0.25, -0.2) is 0 Å². The Balaban J connectivity index is 2.03. The molecule has 1 aromatic rings. The van der Waals surface area contributed by atoms with Crippen molar-refractivity contribution in [1.29, 1.82) is 0 Å². The van der Waals surface area contributed by atoms with Crippen LogP contribution in [0.25, 0.3) is 0 Å². The van der Waals surface area contributed by atoms with Crippen LogP contribution >= 0.6 is 0 Å². The van der Waals surface area contributed by atoms with Crippen LogP contribution in [0.2, 0.25) is 0 Å². The number of hydrogen-bond acceptors (Lipinski definition) is 2. The van der Waals surface area contributed by atoms with E-state index >= 15 is 0 Å². The van der Waals surface area contributed by atoms with Gasteiger partial charge in [-0.15, -0.1) is 0 Å². The Morgan fingerprint density at radius 3 is 2.33 bits per heavy atom. The smallest absolute Gasteiger partial charge is 0.0411 e. The van der Waals surface area contributed by atoms with Gasteiger partial charge in [-0.3, -0.25) is 0 Å². The Hall–Kier alpha value is -1.02. The lowest BCUT2D eigenvalue weighted by Gasteiger charge is -2.36. The molecule has 0 unspecified atom stereocenters. The molecule has 0 aromatic heterocycles. The van der Waals surface area contributed by atoms with Crippen LogP contribution in [0.5, 0.6) is 0 Å². The van der Waals surface area contributed by atoms with Gasteiger partial charge in [0.25, 0.3) is 0 Å². The van der Waals surface area contributed by atoms with Gasteiger partial charge in [-0.2, -0.15) is 0 Å². The maximum atomic E-state index is 3.62. The number of hydrogen-bond donors (Lipinski definition) is 1. The van der Waals surface area contributed by atoms with Gasteiger partial charge in [0, 0.05) is 30.9 Å². The SMILES string of the molecule is CC(C)C1CCN(c2ccccc2CNC(C)(C)C)CC1. The second kappa shape index (κ2) is 6.83. The van der Waals surface area contributed by atoms with Crippen molar-refractivity contribution in [2.45, 2.75) is 59.5 Å². The van der Waals surface area contributed by atoms with Crippen molar-refractivity contribution < 1.29 is 0 Å². The molecule has 0 radical (unpaired) electrons. The zero-order valence-corrected chi connectivity index (χ0v) is 14.4. The summed E-state index contributed by atoms with van der Waals surface area (Å²) in [4.78, 5) is 2.58. The summed E-state index contributed by atoms with van der Waals surface area (Å²) >= 11 is 0. The number of anilines is 1. The fourth-order valence-corrected chi connectivity index (χ4v) is 3.14. The third kappa shape index (κ3) is 4.74. The number of nitrogens with one attached hydrogen (secondary N) is 1. The van der Waals surface area contributed by atoms with E-state index in [0.29, 0.717) is 0 Å². The Morgan fingerprint density at radius 2 is 1.76 bits per heavy atom. The zero-order chi connectivity index (χ0) is 15.5. The average Bonchev–Trinajstić information content (AvgIpc) is 2.45. The molecule has 0 bridgehead atoms.